The summed E-state index contributed by atoms with van der Waals surface area (Å²) < 4.78 is 35.3. The zero-order valence-electron chi connectivity index (χ0n) is 7.31. The summed E-state index contributed by atoms with van der Waals surface area (Å²) in [5.41, 5.74) is 1.24. The van der Waals surface area contributed by atoms with Gasteiger partial charge in [-0.15, -0.1) is 0 Å². The van der Waals surface area contributed by atoms with E-state index in [0.29, 0.717) is 5.65 Å². The van der Waals surface area contributed by atoms with Crippen molar-refractivity contribution in [2.45, 2.75) is 11.9 Å². The Balaban J connectivity index is 2.90. The van der Waals surface area contributed by atoms with Crippen LogP contribution in [0.3, 0.4) is 0 Å². The molecule has 4 nitrogen and oxygen atoms in total. The highest BCUT2D eigenvalue weighted by Crippen LogP contribution is 2.16. The number of rotatable bonds is 1. The number of hydrogen-bond acceptors (Lipinski definition) is 3. The van der Waals surface area contributed by atoms with Crippen LogP contribution in [0, 0.1) is 6.92 Å². The van der Waals surface area contributed by atoms with Gasteiger partial charge in [0.05, 0.1) is 6.20 Å². The van der Waals surface area contributed by atoms with Crippen LogP contribution in [0.5, 0.6) is 0 Å². The minimum Gasteiger partial charge on any atom is -0.288 e. The first kappa shape index (κ1) is 9.14. The fourth-order valence-electron chi connectivity index (χ4n) is 1.31. The first-order valence-electron chi connectivity index (χ1n) is 3.87. The van der Waals surface area contributed by atoms with Gasteiger partial charge in [0.15, 0.2) is 5.03 Å². The van der Waals surface area contributed by atoms with Gasteiger partial charge in [0.25, 0.3) is 0 Å². The van der Waals surface area contributed by atoms with Crippen molar-refractivity contribution in [2.24, 2.45) is 0 Å². The lowest BCUT2D eigenvalue weighted by atomic mass is 10.3. The Bertz CT molecular complexity index is 588. The molecule has 74 valence electrons. The van der Waals surface area contributed by atoms with Crippen molar-refractivity contribution in [3.8, 4) is 0 Å². The van der Waals surface area contributed by atoms with Gasteiger partial charge in [-0.3, -0.25) is 4.40 Å². The molecule has 2 aromatic heterocycles. The van der Waals surface area contributed by atoms with E-state index in [2.05, 4.69) is 4.98 Å². The van der Waals surface area contributed by atoms with E-state index < -0.39 is 15.2 Å². The van der Waals surface area contributed by atoms with Gasteiger partial charge in [-0.1, -0.05) is 9.95 Å². The minimum absolute atomic E-state index is 0.434. The van der Waals surface area contributed by atoms with Crippen LogP contribution in [0.25, 0.3) is 5.65 Å². The Morgan fingerprint density at radius 2 is 2.21 bits per heavy atom. The number of aromatic nitrogens is 2. The smallest absolute Gasteiger partial charge is 0.288 e. The molecule has 14 heavy (non-hydrogen) atoms. The number of imidazole rings is 1. The van der Waals surface area contributed by atoms with Crippen LogP contribution in [0.4, 0.5) is 3.89 Å². The average molecular weight is 214 g/mol. The number of halogens is 1. The third kappa shape index (κ3) is 1.27. The summed E-state index contributed by atoms with van der Waals surface area (Å²) in [6.45, 7) is 1.77. The summed E-state index contributed by atoms with van der Waals surface area (Å²) in [6.07, 6.45) is 2.47. The number of hydrogen-bond donors (Lipinski definition) is 0. The van der Waals surface area contributed by atoms with Gasteiger partial charge >= 0.3 is 10.2 Å². The van der Waals surface area contributed by atoms with Gasteiger partial charge in [0.1, 0.15) is 5.65 Å². The zero-order valence-corrected chi connectivity index (χ0v) is 8.12. The molecule has 0 aromatic carbocycles. The maximum Gasteiger partial charge on any atom is 0.349 e. The highest BCUT2D eigenvalue weighted by atomic mass is 32.3. The number of fused-ring (bicyclic) bond motifs is 1. The quantitative estimate of drug-likeness (QED) is 0.672. The average Bonchev–Trinajstić information content (AvgIpc) is 2.47. The molecule has 0 amide bonds. The van der Waals surface area contributed by atoms with E-state index in [-0.39, 0.29) is 0 Å². The van der Waals surface area contributed by atoms with Crippen molar-refractivity contribution in [2.75, 3.05) is 0 Å². The monoisotopic (exact) mass is 214 g/mol. The Morgan fingerprint density at radius 1 is 1.50 bits per heavy atom. The Labute approximate surface area is 80.2 Å². The SMILES string of the molecule is Cc1cccn2c(S(=O)(=O)F)cnc12. The molecule has 2 heterocycles. The predicted octanol–water partition coefficient (Wildman–Crippen LogP) is 1.30. The van der Waals surface area contributed by atoms with Crippen molar-refractivity contribution >= 4 is 15.9 Å². The van der Waals surface area contributed by atoms with Gasteiger partial charge in [-0.25, -0.2) is 4.98 Å². The van der Waals surface area contributed by atoms with E-state index in [4.69, 9.17) is 0 Å². The molecule has 0 saturated heterocycles. The Kier molecular flexibility index (Phi) is 1.81. The molecule has 0 atom stereocenters. The third-order valence-electron chi connectivity index (χ3n) is 1.95. The van der Waals surface area contributed by atoms with Crippen LogP contribution >= 0.6 is 0 Å². The largest absolute Gasteiger partial charge is 0.349 e. The lowest BCUT2D eigenvalue weighted by molar-refractivity contribution is 0.546. The van der Waals surface area contributed by atoms with Crippen LogP contribution in [-0.2, 0) is 10.2 Å². The van der Waals surface area contributed by atoms with Crippen molar-refractivity contribution in [1.29, 1.82) is 0 Å². The second-order valence-electron chi connectivity index (χ2n) is 2.92. The summed E-state index contributed by atoms with van der Waals surface area (Å²) in [7, 11) is -4.70. The molecule has 0 bridgehead atoms. The molecule has 0 N–H and O–H groups in total. The topological polar surface area (TPSA) is 51.4 Å². The molecule has 0 saturated carbocycles. The zero-order chi connectivity index (χ0) is 10.3. The van der Waals surface area contributed by atoms with Crippen LogP contribution in [0.1, 0.15) is 5.56 Å². The van der Waals surface area contributed by atoms with Gasteiger partial charge in [-0.05, 0) is 18.6 Å². The summed E-state index contributed by atoms with van der Waals surface area (Å²) in [5.74, 6) is 0. The van der Waals surface area contributed by atoms with Crippen LogP contribution in [0.2, 0.25) is 0 Å². The maximum absolute atomic E-state index is 12.7. The van der Waals surface area contributed by atoms with Crippen molar-refractivity contribution in [3.05, 3.63) is 30.1 Å². The standard InChI is InChI=1S/C8H7FN2O2S/c1-6-3-2-4-11-7(14(9,12)13)5-10-8(6)11/h2-5H,1H3. The predicted molar refractivity (Wildman–Crippen MR) is 48.2 cm³/mol. The summed E-state index contributed by atoms with van der Waals surface area (Å²) >= 11 is 0. The third-order valence-corrected chi connectivity index (χ3v) is 2.75. The molecule has 2 aromatic rings. The fraction of sp³-hybridized carbons (Fsp3) is 0.125. The molecule has 2 rings (SSSR count). The van der Waals surface area contributed by atoms with Crippen LogP contribution < -0.4 is 0 Å². The van der Waals surface area contributed by atoms with Crippen molar-refractivity contribution in [3.63, 3.8) is 0 Å². The highest BCUT2D eigenvalue weighted by Gasteiger charge is 2.17. The molecule has 0 aliphatic heterocycles. The summed E-state index contributed by atoms with van der Waals surface area (Å²) in [5, 5.41) is -0.434. The molecule has 0 spiro atoms. The molecule has 0 radical (unpaired) electrons. The Morgan fingerprint density at radius 3 is 2.86 bits per heavy atom. The summed E-state index contributed by atoms with van der Waals surface area (Å²) in [6, 6.07) is 3.41. The molecule has 6 heteroatoms. The molecular formula is C8H7FN2O2S. The normalized spacial score (nSPS) is 12.1. The lowest BCUT2D eigenvalue weighted by Gasteiger charge is -1.98. The second kappa shape index (κ2) is 2.78. The second-order valence-corrected chi connectivity index (χ2v) is 4.21. The first-order chi connectivity index (χ1) is 6.50. The van der Waals surface area contributed by atoms with Gasteiger partial charge < -0.3 is 0 Å². The van der Waals surface area contributed by atoms with E-state index in [1.54, 1.807) is 19.1 Å². The molecule has 0 unspecified atom stereocenters. The van der Waals surface area contributed by atoms with E-state index in [1.807, 2.05) is 0 Å². The molecule has 0 aliphatic rings. The van der Waals surface area contributed by atoms with Crippen LogP contribution in [-0.4, -0.2) is 17.8 Å². The van der Waals surface area contributed by atoms with Crippen molar-refractivity contribution < 1.29 is 12.3 Å². The van der Waals surface area contributed by atoms with Gasteiger partial charge in [-0.2, -0.15) is 8.42 Å². The van der Waals surface area contributed by atoms with Gasteiger partial charge in [0, 0.05) is 6.20 Å². The minimum atomic E-state index is -4.70. The molecule has 0 aliphatic carbocycles. The van der Waals surface area contributed by atoms with E-state index >= 15 is 0 Å². The fourth-order valence-corrected chi connectivity index (χ4v) is 1.87. The molecule has 0 fully saturated rings. The Hall–Kier alpha value is -1.43. The van der Waals surface area contributed by atoms with Gasteiger partial charge in [0.2, 0.25) is 0 Å². The first-order valence-corrected chi connectivity index (χ1v) is 5.26. The summed E-state index contributed by atoms with van der Waals surface area (Å²) in [4.78, 5) is 3.83. The maximum atomic E-state index is 12.7. The van der Waals surface area contributed by atoms with E-state index in [9.17, 15) is 12.3 Å². The number of pyridine rings is 1. The van der Waals surface area contributed by atoms with Crippen LogP contribution in [0.15, 0.2) is 29.6 Å². The number of nitrogens with zero attached hydrogens (tertiary/aromatic N) is 2. The molecular weight excluding hydrogens is 207 g/mol. The lowest BCUT2D eigenvalue weighted by Crippen LogP contribution is -1.97. The van der Waals surface area contributed by atoms with E-state index in [0.717, 1.165) is 11.8 Å². The van der Waals surface area contributed by atoms with Crippen molar-refractivity contribution in [1.82, 2.24) is 9.38 Å². The number of aryl methyl sites for hydroxylation is 1. The highest BCUT2D eigenvalue weighted by molar-refractivity contribution is 7.86. The van der Waals surface area contributed by atoms with E-state index in [1.165, 1.54) is 10.6 Å².